The van der Waals surface area contributed by atoms with Crippen molar-refractivity contribution < 1.29 is 9.59 Å². The summed E-state index contributed by atoms with van der Waals surface area (Å²) in [5.41, 5.74) is 0.428. The van der Waals surface area contributed by atoms with Gasteiger partial charge in [0.1, 0.15) is 5.82 Å². The number of piperazine rings is 1. The van der Waals surface area contributed by atoms with Gasteiger partial charge in [0.25, 0.3) is 5.91 Å². The Hall–Kier alpha value is -2.15. The molecule has 140 valence electrons. The predicted molar refractivity (Wildman–Crippen MR) is 105 cm³/mol. The molecule has 1 atom stereocenters. The van der Waals surface area contributed by atoms with Gasteiger partial charge in [-0.15, -0.1) is 0 Å². The Morgan fingerprint density at radius 3 is 2.30 bits per heavy atom. The van der Waals surface area contributed by atoms with Gasteiger partial charge < -0.3 is 4.90 Å². The average molecular weight is 405 g/mol. The SMILES string of the molecule is O=C1C[C@H](N2CCN(c3ccccn3)CC2)C(=O)N1c1cc(Cl)cc(Cl)c1. The van der Waals surface area contributed by atoms with Crippen LogP contribution in [0, 0.1) is 0 Å². The van der Waals surface area contributed by atoms with Gasteiger partial charge in [0.15, 0.2) is 0 Å². The highest BCUT2D eigenvalue weighted by atomic mass is 35.5. The third-order valence-electron chi connectivity index (χ3n) is 4.96. The standard InChI is InChI=1S/C19H18Cl2N4O2/c20-13-9-14(21)11-15(10-13)25-18(26)12-16(19(25)27)23-5-7-24(8-6-23)17-3-1-2-4-22-17/h1-4,9-11,16H,5-8,12H2/t16-/m0/s1. The van der Waals surface area contributed by atoms with Crippen LogP contribution in [-0.4, -0.2) is 53.9 Å². The average Bonchev–Trinajstić information content (AvgIpc) is 2.96. The molecule has 8 heteroatoms. The number of aromatic nitrogens is 1. The van der Waals surface area contributed by atoms with Crippen molar-refractivity contribution in [2.75, 3.05) is 36.0 Å². The highest BCUT2D eigenvalue weighted by molar-refractivity contribution is 6.35. The van der Waals surface area contributed by atoms with E-state index in [4.69, 9.17) is 23.2 Å². The molecule has 6 nitrogen and oxygen atoms in total. The number of hydrogen-bond donors (Lipinski definition) is 0. The topological polar surface area (TPSA) is 56.8 Å². The van der Waals surface area contributed by atoms with Crippen molar-refractivity contribution in [2.45, 2.75) is 12.5 Å². The van der Waals surface area contributed by atoms with E-state index in [9.17, 15) is 9.59 Å². The maximum Gasteiger partial charge on any atom is 0.251 e. The number of hydrogen-bond acceptors (Lipinski definition) is 5. The monoisotopic (exact) mass is 404 g/mol. The third kappa shape index (κ3) is 3.65. The highest BCUT2D eigenvalue weighted by Gasteiger charge is 2.43. The molecule has 0 N–H and O–H groups in total. The molecule has 1 aromatic carbocycles. The summed E-state index contributed by atoms with van der Waals surface area (Å²) in [5, 5.41) is 0.788. The first-order valence-corrected chi connectivity index (χ1v) is 9.51. The van der Waals surface area contributed by atoms with Crippen LogP contribution >= 0.6 is 23.2 Å². The molecule has 0 saturated carbocycles. The fourth-order valence-corrected chi connectivity index (χ4v) is 4.16. The quantitative estimate of drug-likeness (QED) is 0.736. The maximum absolute atomic E-state index is 12.9. The summed E-state index contributed by atoms with van der Waals surface area (Å²) in [7, 11) is 0. The number of carbonyl (C=O) groups excluding carboxylic acids is 2. The minimum Gasteiger partial charge on any atom is -0.354 e. The molecule has 0 spiro atoms. The van der Waals surface area contributed by atoms with Gasteiger partial charge >= 0.3 is 0 Å². The minimum atomic E-state index is -0.443. The van der Waals surface area contributed by atoms with E-state index in [1.165, 1.54) is 4.90 Å². The van der Waals surface area contributed by atoms with E-state index in [0.717, 1.165) is 18.9 Å². The van der Waals surface area contributed by atoms with E-state index in [1.54, 1.807) is 24.4 Å². The van der Waals surface area contributed by atoms with Gasteiger partial charge in [-0.3, -0.25) is 14.5 Å². The Morgan fingerprint density at radius 1 is 0.963 bits per heavy atom. The first-order chi connectivity index (χ1) is 13.0. The van der Waals surface area contributed by atoms with E-state index < -0.39 is 6.04 Å². The zero-order valence-corrected chi connectivity index (χ0v) is 16.0. The second-order valence-electron chi connectivity index (χ2n) is 6.63. The number of rotatable bonds is 3. The number of benzene rings is 1. The largest absolute Gasteiger partial charge is 0.354 e. The number of amides is 2. The van der Waals surface area contributed by atoms with Crippen molar-refractivity contribution in [2.24, 2.45) is 0 Å². The summed E-state index contributed by atoms with van der Waals surface area (Å²) in [6, 6.07) is 10.1. The van der Waals surface area contributed by atoms with Crippen molar-refractivity contribution in [3.05, 3.63) is 52.6 Å². The summed E-state index contributed by atoms with van der Waals surface area (Å²) in [6.07, 6.45) is 1.95. The van der Waals surface area contributed by atoms with E-state index in [0.29, 0.717) is 28.8 Å². The molecule has 0 bridgehead atoms. The van der Waals surface area contributed by atoms with Gasteiger partial charge in [0.2, 0.25) is 5.91 Å². The minimum absolute atomic E-state index is 0.173. The lowest BCUT2D eigenvalue weighted by Crippen LogP contribution is -2.52. The molecule has 2 aliphatic rings. The van der Waals surface area contributed by atoms with Gasteiger partial charge in [-0.25, -0.2) is 9.88 Å². The van der Waals surface area contributed by atoms with Gasteiger partial charge in [0.05, 0.1) is 18.2 Å². The summed E-state index contributed by atoms with van der Waals surface area (Å²) in [6.45, 7) is 2.92. The lowest BCUT2D eigenvalue weighted by molar-refractivity contribution is -0.123. The fraction of sp³-hybridized carbons (Fsp3) is 0.316. The summed E-state index contributed by atoms with van der Waals surface area (Å²) < 4.78 is 0. The third-order valence-corrected chi connectivity index (χ3v) is 5.39. The molecule has 0 unspecified atom stereocenters. The Bertz CT molecular complexity index is 849. The Labute approximate surface area is 167 Å². The molecule has 2 fully saturated rings. The van der Waals surface area contributed by atoms with Crippen molar-refractivity contribution >= 4 is 46.5 Å². The number of nitrogens with zero attached hydrogens (tertiary/aromatic N) is 4. The van der Waals surface area contributed by atoms with E-state index in [2.05, 4.69) is 14.8 Å². The zero-order chi connectivity index (χ0) is 19.0. The Morgan fingerprint density at radius 2 is 1.67 bits per heavy atom. The smallest absolute Gasteiger partial charge is 0.251 e. The first-order valence-electron chi connectivity index (χ1n) is 8.76. The van der Waals surface area contributed by atoms with E-state index in [1.807, 2.05) is 18.2 Å². The lowest BCUT2D eigenvalue weighted by atomic mass is 10.1. The molecule has 1 aromatic heterocycles. The van der Waals surface area contributed by atoms with Crippen LogP contribution in [0.2, 0.25) is 10.0 Å². The molecule has 0 aliphatic carbocycles. The highest BCUT2D eigenvalue weighted by Crippen LogP contribution is 2.31. The summed E-state index contributed by atoms with van der Waals surface area (Å²) in [4.78, 5) is 35.3. The van der Waals surface area contributed by atoms with Gasteiger partial charge in [-0.05, 0) is 30.3 Å². The molecule has 2 aliphatic heterocycles. The second-order valence-corrected chi connectivity index (χ2v) is 7.50. The zero-order valence-electron chi connectivity index (χ0n) is 14.5. The molecule has 0 radical (unpaired) electrons. The van der Waals surface area contributed by atoms with Crippen LogP contribution in [0.5, 0.6) is 0 Å². The number of pyridine rings is 1. The van der Waals surface area contributed by atoms with Crippen LogP contribution in [-0.2, 0) is 9.59 Å². The van der Waals surface area contributed by atoms with Crippen LogP contribution in [0.1, 0.15) is 6.42 Å². The van der Waals surface area contributed by atoms with Crippen molar-refractivity contribution in [3.63, 3.8) is 0 Å². The number of anilines is 2. The van der Waals surface area contributed by atoms with E-state index in [-0.39, 0.29) is 18.2 Å². The van der Waals surface area contributed by atoms with Crippen LogP contribution < -0.4 is 9.80 Å². The van der Waals surface area contributed by atoms with Crippen LogP contribution in [0.4, 0.5) is 11.5 Å². The summed E-state index contributed by atoms with van der Waals surface area (Å²) in [5.74, 6) is 0.487. The Kier molecular flexibility index (Phi) is 5.04. The second kappa shape index (κ2) is 7.46. The van der Waals surface area contributed by atoms with Crippen molar-refractivity contribution in [3.8, 4) is 0 Å². The van der Waals surface area contributed by atoms with Gasteiger partial charge in [0, 0.05) is 42.4 Å². The van der Waals surface area contributed by atoms with Crippen LogP contribution in [0.25, 0.3) is 0 Å². The maximum atomic E-state index is 12.9. The summed E-state index contributed by atoms with van der Waals surface area (Å²) >= 11 is 12.1. The molecule has 2 amide bonds. The molecular formula is C19H18Cl2N4O2. The fourth-order valence-electron chi connectivity index (χ4n) is 3.64. The lowest BCUT2D eigenvalue weighted by Gasteiger charge is -2.37. The number of carbonyl (C=O) groups is 2. The molecule has 2 saturated heterocycles. The molecule has 2 aromatic rings. The van der Waals surface area contributed by atoms with Crippen molar-refractivity contribution in [1.29, 1.82) is 0 Å². The molecule has 4 rings (SSSR count). The molecule has 3 heterocycles. The van der Waals surface area contributed by atoms with Crippen LogP contribution in [0.15, 0.2) is 42.6 Å². The normalized spacial score (nSPS) is 21.2. The first kappa shape index (κ1) is 18.2. The number of halogens is 2. The molecule has 27 heavy (non-hydrogen) atoms. The predicted octanol–water partition coefficient (Wildman–Crippen LogP) is 2.84. The molecular weight excluding hydrogens is 387 g/mol. The number of imide groups is 1. The Balaban J connectivity index is 1.46. The van der Waals surface area contributed by atoms with E-state index >= 15 is 0 Å². The van der Waals surface area contributed by atoms with Gasteiger partial charge in [-0.1, -0.05) is 29.3 Å². The van der Waals surface area contributed by atoms with Crippen LogP contribution in [0.3, 0.4) is 0 Å². The van der Waals surface area contributed by atoms with Crippen molar-refractivity contribution in [1.82, 2.24) is 9.88 Å². The van der Waals surface area contributed by atoms with Gasteiger partial charge in [-0.2, -0.15) is 0 Å².